The molecule has 27 heavy (non-hydrogen) atoms. The molecule has 6 heteroatoms. The lowest BCUT2D eigenvalue weighted by Gasteiger charge is -2.17. The summed E-state index contributed by atoms with van der Waals surface area (Å²) in [6, 6.07) is 20.8. The number of hydrogen-bond acceptors (Lipinski definition) is 2. The summed E-state index contributed by atoms with van der Waals surface area (Å²) in [6.45, 7) is 0. The Balaban J connectivity index is 1.74. The topological polar surface area (TPSA) is 49.4 Å². The number of anilines is 2. The van der Waals surface area contributed by atoms with Crippen molar-refractivity contribution in [3.05, 3.63) is 94.0 Å². The molecule has 0 unspecified atom stereocenters. The van der Waals surface area contributed by atoms with E-state index in [1.165, 1.54) is 0 Å². The van der Waals surface area contributed by atoms with Crippen LogP contribution in [0.1, 0.15) is 20.7 Å². The Kier molecular flexibility index (Phi) is 5.79. The SMILES string of the molecule is CN(C(=O)c1ccc(C(=O)Nc2cccc(Cl)c2Cl)cc1)c1ccccc1. The summed E-state index contributed by atoms with van der Waals surface area (Å²) in [5.41, 5.74) is 2.11. The second-order valence-corrected chi connectivity index (χ2v) is 6.62. The monoisotopic (exact) mass is 398 g/mol. The Morgan fingerprint density at radius 1 is 0.815 bits per heavy atom. The van der Waals surface area contributed by atoms with Crippen molar-refractivity contribution in [3.8, 4) is 0 Å². The number of carbonyl (C=O) groups excluding carboxylic acids is 2. The van der Waals surface area contributed by atoms with Crippen molar-refractivity contribution in [2.45, 2.75) is 0 Å². The molecule has 3 aromatic carbocycles. The van der Waals surface area contributed by atoms with Gasteiger partial charge in [0.2, 0.25) is 0 Å². The first-order valence-electron chi connectivity index (χ1n) is 8.16. The van der Waals surface area contributed by atoms with Crippen LogP contribution < -0.4 is 10.2 Å². The van der Waals surface area contributed by atoms with Gasteiger partial charge in [0.25, 0.3) is 11.8 Å². The van der Waals surface area contributed by atoms with Crippen LogP contribution in [-0.4, -0.2) is 18.9 Å². The zero-order chi connectivity index (χ0) is 19.4. The van der Waals surface area contributed by atoms with E-state index >= 15 is 0 Å². The average molecular weight is 399 g/mol. The number of nitrogens with one attached hydrogen (secondary N) is 1. The van der Waals surface area contributed by atoms with Gasteiger partial charge in [-0.15, -0.1) is 0 Å². The van der Waals surface area contributed by atoms with Crippen LogP contribution in [-0.2, 0) is 0 Å². The lowest BCUT2D eigenvalue weighted by atomic mass is 10.1. The molecule has 2 amide bonds. The molecule has 0 aliphatic rings. The first-order chi connectivity index (χ1) is 13.0. The Hall–Kier alpha value is -2.82. The van der Waals surface area contributed by atoms with Gasteiger partial charge in [0.05, 0.1) is 15.7 Å². The van der Waals surface area contributed by atoms with Gasteiger partial charge in [-0.1, -0.05) is 47.5 Å². The number of nitrogens with zero attached hydrogens (tertiary/aromatic N) is 1. The van der Waals surface area contributed by atoms with Crippen molar-refractivity contribution in [3.63, 3.8) is 0 Å². The molecule has 136 valence electrons. The van der Waals surface area contributed by atoms with Crippen LogP contribution in [0.25, 0.3) is 0 Å². The minimum atomic E-state index is -0.338. The number of rotatable bonds is 4. The summed E-state index contributed by atoms with van der Waals surface area (Å²) in [5.74, 6) is -0.499. The largest absolute Gasteiger partial charge is 0.321 e. The molecule has 3 aromatic rings. The first-order valence-corrected chi connectivity index (χ1v) is 8.91. The molecule has 0 atom stereocenters. The van der Waals surface area contributed by atoms with E-state index in [2.05, 4.69) is 5.32 Å². The van der Waals surface area contributed by atoms with Crippen molar-refractivity contribution in [2.24, 2.45) is 0 Å². The highest BCUT2D eigenvalue weighted by molar-refractivity contribution is 6.44. The molecule has 0 bridgehead atoms. The molecular formula is C21H16Cl2N2O2. The van der Waals surface area contributed by atoms with Crippen LogP contribution in [0.5, 0.6) is 0 Å². The maximum absolute atomic E-state index is 12.6. The Morgan fingerprint density at radius 3 is 2.11 bits per heavy atom. The fourth-order valence-electron chi connectivity index (χ4n) is 2.52. The minimum Gasteiger partial charge on any atom is -0.321 e. The van der Waals surface area contributed by atoms with Gasteiger partial charge in [-0.25, -0.2) is 0 Å². The van der Waals surface area contributed by atoms with Crippen molar-refractivity contribution >= 4 is 46.4 Å². The zero-order valence-electron chi connectivity index (χ0n) is 14.4. The minimum absolute atomic E-state index is 0.161. The van der Waals surface area contributed by atoms with E-state index in [0.29, 0.717) is 21.8 Å². The molecule has 0 aromatic heterocycles. The zero-order valence-corrected chi connectivity index (χ0v) is 16.0. The maximum atomic E-state index is 12.6. The smallest absolute Gasteiger partial charge is 0.258 e. The molecular weight excluding hydrogens is 383 g/mol. The van der Waals surface area contributed by atoms with Crippen LogP contribution in [0.3, 0.4) is 0 Å². The van der Waals surface area contributed by atoms with E-state index in [1.54, 1.807) is 54.4 Å². The van der Waals surface area contributed by atoms with E-state index in [9.17, 15) is 9.59 Å². The number of amides is 2. The van der Waals surface area contributed by atoms with Gasteiger partial charge in [-0.05, 0) is 48.5 Å². The molecule has 0 heterocycles. The third-order valence-corrected chi connectivity index (χ3v) is 4.86. The van der Waals surface area contributed by atoms with Gasteiger partial charge in [0.1, 0.15) is 0 Å². The molecule has 3 rings (SSSR count). The number of benzene rings is 3. The predicted octanol–water partition coefficient (Wildman–Crippen LogP) is 5.52. The quantitative estimate of drug-likeness (QED) is 0.628. The summed E-state index contributed by atoms with van der Waals surface area (Å²) in [4.78, 5) is 26.6. The normalized spacial score (nSPS) is 10.3. The summed E-state index contributed by atoms with van der Waals surface area (Å²) < 4.78 is 0. The Bertz CT molecular complexity index is 973. The molecule has 0 radical (unpaired) electrons. The van der Waals surface area contributed by atoms with E-state index < -0.39 is 0 Å². The predicted molar refractivity (Wildman–Crippen MR) is 110 cm³/mol. The van der Waals surface area contributed by atoms with Crippen LogP contribution in [0.2, 0.25) is 10.0 Å². The van der Waals surface area contributed by atoms with Crippen molar-refractivity contribution < 1.29 is 9.59 Å². The number of para-hydroxylation sites is 1. The van der Waals surface area contributed by atoms with E-state index in [4.69, 9.17) is 23.2 Å². The molecule has 0 spiro atoms. The summed E-state index contributed by atoms with van der Waals surface area (Å²) >= 11 is 12.0. The summed E-state index contributed by atoms with van der Waals surface area (Å²) in [6.07, 6.45) is 0. The van der Waals surface area contributed by atoms with Gasteiger partial charge in [-0.3, -0.25) is 9.59 Å². The van der Waals surface area contributed by atoms with Crippen LogP contribution in [0.4, 0.5) is 11.4 Å². The van der Waals surface area contributed by atoms with Gasteiger partial charge >= 0.3 is 0 Å². The standard InChI is InChI=1S/C21H16Cl2N2O2/c1-25(16-6-3-2-4-7-16)21(27)15-12-10-14(11-13-15)20(26)24-18-9-5-8-17(22)19(18)23/h2-13H,1H3,(H,24,26). The molecule has 0 aliphatic carbocycles. The van der Waals surface area contributed by atoms with Crippen molar-refractivity contribution in [2.75, 3.05) is 17.3 Å². The molecule has 0 aliphatic heterocycles. The van der Waals surface area contributed by atoms with Crippen molar-refractivity contribution in [1.29, 1.82) is 0 Å². The van der Waals surface area contributed by atoms with Gasteiger partial charge in [0, 0.05) is 23.9 Å². The lowest BCUT2D eigenvalue weighted by Crippen LogP contribution is -2.26. The summed E-state index contributed by atoms with van der Waals surface area (Å²) in [7, 11) is 1.71. The molecule has 0 saturated carbocycles. The number of halogens is 2. The fourth-order valence-corrected chi connectivity index (χ4v) is 2.87. The molecule has 1 N–H and O–H groups in total. The molecule has 0 fully saturated rings. The third kappa shape index (κ3) is 4.30. The van der Waals surface area contributed by atoms with Crippen LogP contribution in [0, 0.1) is 0 Å². The van der Waals surface area contributed by atoms with E-state index in [0.717, 1.165) is 5.69 Å². The first kappa shape index (κ1) is 19.0. The highest BCUT2D eigenvalue weighted by Gasteiger charge is 2.15. The van der Waals surface area contributed by atoms with Gasteiger partial charge < -0.3 is 10.2 Å². The van der Waals surface area contributed by atoms with Crippen LogP contribution in [0.15, 0.2) is 72.8 Å². The second-order valence-electron chi connectivity index (χ2n) is 5.83. The van der Waals surface area contributed by atoms with Gasteiger partial charge in [-0.2, -0.15) is 0 Å². The number of hydrogen-bond donors (Lipinski definition) is 1. The third-order valence-electron chi connectivity index (χ3n) is 4.04. The van der Waals surface area contributed by atoms with Crippen LogP contribution >= 0.6 is 23.2 Å². The number of carbonyl (C=O) groups is 2. The Labute approximate surface area is 167 Å². The molecule has 0 saturated heterocycles. The fraction of sp³-hybridized carbons (Fsp3) is 0.0476. The highest BCUT2D eigenvalue weighted by Crippen LogP contribution is 2.29. The maximum Gasteiger partial charge on any atom is 0.258 e. The highest BCUT2D eigenvalue weighted by atomic mass is 35.5. The lowest BCUT2D eigenvalue weighted by molar-refractivity contribution is 0.0989. The Morgan fingerprint density at radius 2 is 1.44 bits per heavy atom. The van der Waals surface area contributed by atoms with Gasteiger partial charge in [0.15, 0.2) is 0 Å². The average Bonchev–Trinajstić information content (AvgIpc) is 2.71. The van der Waals surface area contributed by atoms with E-state index in [1.807, 2.05) is 30.3 Å². The summed E-state index contributed by atoms with van der Waals surface area (Å²) in [5, 5.41) is 3.36. The molecule has 4 nitrogen and oxygen atoms in total. The second kappa shape index (κ2) is 8.25. The van der Waals surface area contributed by atoms with Crippen molar-refractivity contribution in [1.82, 2.24) is 0 Å². The van der Waals surface area contributed by atoms with E-state index in [-0.39, 0.29) is 16.8 Å².